The van der Waals surface area contributed by atoms with E-state index in [0.29, 0.717) is 0 Å². The number of rotatable bonds is 4. The maximum Gasteiger partial charge on any atom is -0.0347 e. The maximum atomic E-state index is 2.21. The molecule has 0 spiro atoms. The zero-order valence-corrected chi connectivity index (χ0v) is 13.2. The predicted octanol–water partition coefficient (Wildman–Crippen LogP) is 6.76. The molecule has 0 nitrogen and oxygen atoms in total. The van der Waals surface area contributed by atoms with E-state index in [1.807, 2.05) is 0 Å². The summed E-state index contributed by atoms with van der Waals surface area (Å²) in [6.45, 7) is 17.5. The lowest BCUT2D eigenvalue weighted by Crippen LogP contribution is -1.79. The fourth-order valence-electron chi connectivity index (χ4n) is 1.31. The Morgan fingerprint density at radius 2 is 1.00 bits per heavy atom. The molecule has 0 radical (unpaired) electrons. The van der Waals surface area contributed by atoms with Gasteiger partial charge in [0.15, 0.2) is 0 Å². The summed E-state index contributed by atoms with van der Waals surface area (Å²) < 4.78 is 0. The molecule has 100 valence electrons. The SMILES string of the molecule is CCC.CCC(CC)=C(C)C.CCCCC. The average molecular weight is 228 g/mol. The first kappa shape index (κ1) is 21.1. The number of unbranched alkanes of at least 4 members (excludes halogenated alkanes) is 2. The van der Waals surface area contributed by atoms with Crippen molar-refractivity contribution in [3.05, 3.63) is 11.1 Å². The maximum absolute atomic E-state index is 2.21. The lowest BCUT2D eigenvalue weighted by molar-refractivity contribution is 0.772. The van der Waals surface area contributed by atoms with Gasteiger partial charge in [-0.05, 0) is 26.7 Å². The van der Waals surface area contributed by atoms with E-state index >= 15 is 0 Å². The second-order valence-electron chi connectivity index (χ2n) is 4.37. The third kappa shape index (κ3) is 23.5. The molecule has 0 aromatic rings. The fourth-order valence-corrected chi connectivity index (χ4v) is 1.31. The summed E-state index contributed by atoms with van der Waals surface area (Å²) in [4.78, 5) is 0. The van der Waals surface area contributed by atoms with Crippen molar-refractivity contribution < 1.29 is 0 Å². The van der Waals surface area contributed by atoms with Crippen LogP contribution in [0.1, 0.15) is 93.9 Å². The summed E-state index contributed by atoms with van der Waals surface area (Å²) in [7, 11) is 0. The molecule has 0 atom stereocenters. The summed E-state index contributed by atoms with van der Waals surface area (Å²) in [6.07, 6.45) is 7.77. The van der Waals surface area contributed by atoms with Gasteiger partial charge in [-0.15, -0.1) is 0 Å². The molecule has 0 aliphatic rings. The molecular formula is C16H36. The van der Waals surface area contributed by atoms with Crippen molar-refractivity contribution in [1.29, 1.82) is 0 Å². The van der Waals surface area contributed by atoms with E-state index in [0.717, 1.165) is 0 Å². The Balaban J connectivity index is -0.000000181. The molecule has 0 heteroatoms. The van der Waals surface area contributed by atoms with Crippen LogP contribution in [0.3, 0.4) is 0 Å². The Hall–Kier alpha value is -0.260. The second kappa shape index (κ2) is 20.2. The van der Waals surface area contributed by atoms with Gasteiger partial charge < -0.3 is 0 Å². The topological polar surface area (TPSA) is 0 Å². The highest BCUT2D eigenvalue weighted by atomic mass is 14.0. The van der Waals surface area contributed by atoms with Crippen molar-refractivity contribution in [1.82, 2.24) is 0 Å². The van der Waals surface area contributed by atoms with Crippen molar-refractivity contribution >= 4 is 0 Å². The summed E-state index contributed by atoms with van der Waals surface area (Å²) in [6, 6.07) is 0. The molecule has 0 N–H and O–H groups in total. The van der Waals surface area contributed by atoms with Crippen LogP contribution in [0.4, 0.5) is 0 Å². The molecule has 0 aliphatic heterocycles. The van der Waals surface area contributed by atoms with Crippen molar-refractivity contribution in [2.45, 2.75) is 93.9 Å². The minimum atomic E-state index is 1.22. The van der Waals surface area contributed by atoms with Gasteiger partial charge in [0.05, 0.1) is 0 Å². The zero-order valence-electron chi connectivity index (χ0n) is 13.2. The molecule has 0 fully saturated rings. The fraction of sp³-hybridized carbons (Fsp3) is 0.875. The molecule has 0 unspecified atom stereocenters. The van der Waals surface area contributed by atoms with Gasteiger partial charge in [-0.25, -0.2) is 0 Å². The highest BCUT2D eigenvalue weighted by molar-refractivity contribution is 5.07. The van der Waals surface area contributed by atoms with Gasteiger partial charge in [0, 0.05) is 0 Å². The first-order valence-electron chi connectivity index (χ1n) is 7.20. The molecule has 0 saturated carbocycles. The number of allylic oxidation sites excluding steroid dienone is 2. The summed E-state index contributed by atoms with van der Waals surface area (Å²) in [5, 5.41) is 0. The van der Waals surface area contributed by atoms with Crippen LogP contribution in [0.25, 0.3) is 0 Å². The molecule has 0 heterocycles. The van der Waals surface area contributed by atoms with Crippen molar-refractivity contribution in [3.63, 3.8) is 0 Å². The molecular weight excluding hydrogens is 192 g/mol. The standard InChI is InChI=1S/C8H16.C5H12.C3H8/c1-5-8(6-2)7(3)4;1-3-5-4-2;1-3-2/h5-6H2,1-4H3;3-5H2,1-2H3;3H2,1-2H3. The van der Waals surface area contributed by atoms with Gasteiger partial charge >= 0.3 is 0 Å². The van der Waals surface area contributed by atoms with Gasteiger partial charge in [0.25, 0.3) is 0 Å². The third-order valence-corrected chi connectivity index (χ3v) is 2.27. The smallest absolute Gasteiger partial charge is 0.0347 e. The van der Waals surface area contributed by atoms with Crippen molar-refractivity contribution in [2.75, 3.05) is 0 Å². The minimum Gasteiger partial charge on any atom is -0.0773 e. The van der Waals surface area contributed by atoms with Crippen LogP contribution in [0.2, 0.25) is 0 Å². The number of hydrogen-bond donors (Lipinski definition) is 0. The van der Waals surface area contributed by atoms with E-state index in [1.165, 1.54) is 44.1 Å². The lowest BCUT2D eigenvalue weighted by atomic mass is 10.1. The number of hydrogen-bond acceptors (Lipinski definition) is 0. The molecule has 0 rings (SSSR count). The molecule has 0 amide bonds. The molecule has 16 heavy (non-hydrogen) atoms. The quantitative estimate of drug-likeness (QED) is 0.466. The van der Waals surface area contributed by atoms with Crippen LogP contribution >= 0.6 is 0 Å². The van der Waals surface area contributed by atoms with Crippen LogP contribution in [0, 0.1) is 0 Å². The van der Waals surface area contributed by atoms with Crippen LogP contribution in [-0.2, 0) is 0 Å². The Morgan fingerprint density at radius 3 is 1.00 bits per heavy atom. The van der Waals surface area contributed by atoms with Gasteiger partial charge in [-0.2, -0.15) is 0 Å². The Bertz CT molecular complexity index is 119. The van der Waals surface area contributed by atoms with E-state index in [9.17, 15) is 0 Å². The van der Waals surface area contributed by atoms with E-state index in [4.69, 9.17) is 0 Å². The lowest BCUT2D eigenvalue weighted by Gasteiger charge is -2.00. The Kier molecular flexibility index (Phi) is 26.6. The molecule has 0 aromatic carbocycles. The molecule has 0 aliphatic carbocycles. The second-order valence-corrected chi connectivity index (χ2v) is 4.37. The zero-order chi connectivity index (χ0) is 13.4. The van der Waals surface area contributed by atoms with Gasteiger partial charge in [-0.3, -0.25) is 0 Å². The normalized spacial score (nSPS) is 8.25. The monoisotopic (exact) mass is 228 g/mol. The van der Waals surface area contributed by atoms with Crippen molar-refractivity contribution in [2.24, 2.45) is 0 Å². The molecule has 0 aromatic heterocycles. The van der Waals surface area contributed by atoms with Crippen LogP contribution in [0.5, 0.6) is 0 Å². The highest BCUT2D eigenvalue weighted by Crippen LogP contribution is 2.10. The van der Waals surface area contributed by atoms with Crippen LogP contribution in [0.15, 0.2) is 11.1 Å². The van der Waals surface area contributed by atoms with Crippen LogP contribution < -0.4 is 0 Å². The van der Waals surface area contributed by atoms with Gasteiger partial charge in [0.2, 0.25) is 0 Å². The predicted molar refractivity (Wildman–Crippen MR) is 80.1 cm³/mol. The van der Waals surface area contributed by atoms with E-state index in [2.05, 4.69) is 55.4 Å². The van der Waals surface area contributed by atoms with E-state index in [1.54, 1.807) is 5.57 Å². The van der Waals surface area contributed by atoms with E-state index < -0.39 is 0 Å². The van der Waals surface area contributed by atoms with Gasteiger partial charge in [0.1, 0.15) is 0 Å². The van der Waals surface area contributed by atoms with E-state index in [-0.39, 0.29) is 0 Å². The Labute approximate surface area is 106 Å². The minimum absolute atomic E-state index is 1.22. The third-order valence-electron chi connectivity index (χ3n) is 2.27. The largest absolute Gasteiger partial charge is 0.0773 e. The Morgan fingerprint density at radius 1 is 0.688 bits per heavy atom. The first-order chi connectivity index (χ1) is 7.55. The summed E-state index contributed by atoms with van der Waals surface area (Å²) >= 11 is 0. The van der Waals surface area contributed by atoms with Crippen LogP contribution in [-0.4, -0.2) is 0 Å². The first-order valence-corrected chi connectivity index (χ1v) is 7.20. The molecule has 0 saturated heterocycles. The summed E-state index contributed by atoms with van der Waals surface area (Å²) in [5.41, 5.74) is 3.10. The van der Waals surface area contributed by atoms with Crippen molar-refractivity contribution in [3.8, 4) is 0 Å². The molecule has 0 bridgehead atoms. The van der Waals surface area contributed by atoms with Gasteiger partial charge in [-0.1, -0.05) is 78.4 Å². The average Bonchev–Trinajstić information content (AvgIpc) is 2.22. The summed E-state index contributed by atoms with van der Waals surface area (Å²) in [5.74, 6) is 0. The highest BCUT2D eigenvalue weighted by Gasteiger charge is 1.89.